The van der Waals surface area contributed by atoms with E-state index in [1.165, 1.54) is 0 Å². The molecule has 0 amide bonds. The Bertz CT molecular complexity index is 116. The molecule has 0 aliphatic carbocycles. The van der Waals surface area contributed by atoms with Crippen LogP contribution in [0.25, 0.3) is 0 Å². The van der Waals surface area contributed by atoms with Crippen LogP contribution in [0.3, 0.4) is 0 Å². The van der Waals surface area contributed by atoms with E-state index in [4.69, 9.17) is 0 Å². The van der Waals surface area contributed by atoms with E-state index in [1.807, 2.05) is 6.92 Å². The number of nitrogens with zero attached hydrogens (tertiary/aromatic N) is 1. The zero-order valence-corrected chi connectivity index (χ0v) is 6.50. The molecule has 0 spiro atoms. The molecule has 0 aliphatic rings. The van der Waals surface area contributed by atoms with Gasteiger partial charge in [-0.15, -0.1) is 0 Å². The molecule has 52 valence electrons. The maximum atomic E-state index is 3.97. The summed E-state index contributed by atoms with van der Waals surface area (Å²) in [4.78, 5) is 3.97. The first kappa shape index (κ1) is 8.80. The van der Waals surface area contributed by atoms with E-state index in [0.29, 0.717) is 0 Å². The van der Waals surface area contributed by atoms with Gasteiger partial charge in [-0.2, -0.15) is 0 Å². The molecule has 0 aromatic rings. The first-order chi connectivity index (χ1) is 3.81. The molecule has 0 aliphatic heterocycles. The summed E-state index contributed by atoms with van der Waals surface area (Å²) in [5, 5.41) is 0. The first-order valence-electron chi connectivity index (χ1n) is 2.42. The summed E-state index contributed by atoms with van der Waals surface area (Å²) < 4.78 is 1.00. The topological polar surface area (TPSA) is 12.4 Å². The SMILES string of the molecule is C=CC=N[C](=[Yb])CC. The van der Waals surface area contributed by atoms with Gasteiger partial charge in [0.2, 0.25) is 0 Å². The van der Waals surface area contributed by atoms with Gasteiger partial charge in [-0.25, -0.2) is 0 Å². The molecule has 2 heteroatoms. The van der Waals surface area contributed by atoms with Gasteiger partial charge < -0.3 is 0 Å². The van der Waals surface area contributed by atoms with Gasteiger partial charge in [0, 0.05) is 0 Å². The number of hydrogen-bond acceptors (Lipinski definition) is 1. The average molecular weight is 268 g/mol. The monoisotopic (exact) mass is 269 g/mol. The van der Waals surface area contributed by atoms with E-state index >= 15 is 0 Å². The molecule has 0 atom stereocenters. The predicted molar refractivity (Wildman–Crippen MR) is 34.0 cm³/mol. The van der Waals surface area contributed by atoms with E-state index in [9.17, 15) is 0 Å². The quantitative estimate of drug-likeness (QED) is 0.685. The summed E-state index contributed by atoms with van der Waals surface area (Å²) >= 11 is 2.92. The molecule has 0 unspecified atom stereocenters. The van der Waals surface area contributed by atoms with Crippen molar-refractivity contribution < 1.29 is 44.1 Å². The Morgan fingerprint density at radius 1 is 1.88 bits per heavy atom. The Hall–Kier alpha value is 0.799. The van der Waals surface area contributed by atoms with Crippen LogP contribution in [0.4, 0.5) is 0 Å². The fourth-order valence-electron chi connectivity index (χ4n) is 0.217. The zero-order valence-electron chi connectivity index (χ0n) is 4.78. The van der Waals surface area contributed by atoms with Gasteiger partial charge in [0.05, 0.1) is 0 Å². The molecule has 0 aromatic heterocycles. The first-order valence-corrected chi connectivity index (χ1v) is 3.28. The normalized spacial score (nSPS) is 9.88. The van der Waals surface area contributed by atoms with Crippen molar-refractivity contribution >= 4 is 6.57 Å². The van der Waals surface area contributed by atoms with E-state index in [2.05, 4.69) is 55.7 Å². The Balaban J connectivity index is 3.52. The molecule has 8 heavy (non-hydrogen) atoms. The predicted octanol–water partition coefficient (Wildman–Crippen LogP) is 1.33. The summed E-state index contributed by atoms with van der Waals surface area (Å²) in [6.07, 6.45) is 4.29. The molecular formula is C6H9NYb. The van der Waals surface area contributed by atoms with Gasteiger partial charge in [0.1, 0.15) is 0 Å². The molecular weight excluding hydrogens is 259 g/mol. The summed E-state index contributed by atoms with van der Waals surface area (Å²) in [7, 11) is 0. The fraction of sp³-hybridized carbons (Fsp3) is 0.333. The van der Waals surface area contributed by atoms with Crippen LogP contribution in [0.2, 0.25) is 0 Å². The molecule has 0 bridgehead atoms. The Morgan fingerprint density at radius 2 is 2.50 bits per heavy atom. The summed E-state index contributed by atoms with van der Waals surface area (Å²) in [5.41, 5.74) is 0. The summed E-state index contributed by atoms with van der Waals surface area (Å²) in [5.74, 6) is 0. The zero-order chi connectivity index (χ0) is 6.41. The van der Waals surface area contributed by atoms with Crippen molar-refractivity contribution in [2.75, 3.05) is 0 Å². The Morgan fingerprint density at radius 3 is 2.88 bits per heavy atom. The van der Waals surface area contributed by atoms with Gasteiger partial charge >= 0.3 is 81.7 Å². The molecule has 0 saturated carbocycles. The van der Waals surface area contributed by atoms with Crippen LogP contribution in [0, 0.1) is 44.1 Å². The van der Waals surface area contributed by atoms with Crippen LogP contribution in [0.15, 0.2) is 17.6 Å². The third-order valence-corrected chi connectivity index (χ3v) is 1.39. The molecule has 0 N–H and O–H groups in total. The third-order valence-electron chi connectivity index (χ3n) is 0.558. The van der Waals surface area contributed by atoms with Crippen LogP contribution in [0.5, 0.6) is 0 Å². The van der Waals surface area contributed by atoms with Gasteiger partial charge in [-0.3, -0.25) is 0 Å². The van der Waals surface area contributed by atoms with Crippen molar-refractivity contribution in [2.24, 2.45) is 4.99 Å². The van der Waals surface area contributed by atoms with Crippen molar-refractivity contribution in [1.29, 1.82) is 0 Å². The molecule has 0 radical (unpaired) electrons. The van der Waals surface area contributed by atoms with Crippen molar-refractivity contribution in [3.05, 3.63) is 12.7 Å². The standard InChI is InChI=1S/C6H9N.Yb/c1-3-5-7-6-4-2;/h3,5H,1,4H2,2H3;. The third kappa shape index (κ3) is 4.95. The van der Waals surface area contributed by atoms with Gasteiger partial charge in [-0.05, 0) is 0 Å². The second kappa shape index (κ2) is 5.93. The second-order valence-corrected chi connectivity index (χ2v) is 2.17. The maximum absolute atomic E-state index is 3.97. The summed E-state index contributed by atoms with van der Waals surface area (Å²) in [6, 6.07) is 0. The Labute approximate surface area is 80.5 Å². The Kier molecular flexibility index (Phi) is 6.52. The van der Waals surface area contributed by atoms with Gasteiger partial charge in [0.15, 0.2) is 0 Å². The summed E-state index contributed by atoms with van der Waals surface area (Å²) in [6.45, 7) is 5.53. The van der Waals surface area contributed by atoms with Gasteiger partial charge in [-0.1, -0.05) is 0 Å². The molecule has 0 heterocycles. The van der Waals surface area contributed by atoms with Crippen molar-refractivity contribution in [3.8, 4) is 0 Å². The minimum absolute atomic E-state index is 0.956. The number of allylic oxidation sites excluding steroid dienone is 1. The fourth-order valence-corrected chi connectivity index (χ4v) is 0.344. The van der Waals surface area contributed by atoms with Crippen LogP contribution >= 0.6 is 0 Å². The number of aliphatic imine (C=N–C) groups is 1. The van der Waals surface area contributed by atoms with Crippen LogP contribution in [-0.4, -0.2) is 6.57 Å². The molecule has 0 fully saturated rings. The van der Waals surface area contributed by atoms with Crippen LogP contribution in [0.1, 0.15) is 13.3 Å². The van der Waals surface area contributed by atoms with E-state index < -0.39 is 0 Å². The molecule has 0 rings (SSSR count). The van der Waals surface area contributed by atoms with E-state index in [0.717, 1.165) is 6.78 Å². The average Bonchev–Trinajstić information content (AvgIpc) is 1.83. The van der Waals surface area contributed by atoms with Crippen molar-refractivity contribution in [1.82, 2.24) is 0 Å². The van der Waals surface area contributed by atoms with E-state index in [1.54, 1.807) is 12.3 Å². The number of hydrogen-bond donors (Lipinski definition) is 0. The van der Waals surface area contributed by atoms with Crippen molar-refractivity contribution in [3.63, 3.8) is 0 Å². The molecule has 0 aromatic carbocycles. The van der Waals surface area contributed by atoms with Crippen LogP contribution < -0.4 is 0 Å². The van der Waals surface area contributed by atoms with Crippen molar-refractivity contribution in [2.45, 2.75) is 13.3 Å². The van der Waals surface area contributed by atoms with Crippen LogP contribution in [-0.2, 0) is 0 Å². The number of rotatable bonds is 3. The minimum atomic E-state index is 0.956. The van der Waals surface area contributed by atoms with E-state index in [-0.39, 0.29) is 0 Å². The molecule has 1 nitrogen and oxygen atoms in total. The van der Waals surface area contributed by atoms with Gasteiger partial charge in [0.25, 0.3) is 0 Å². The second-order valence-electron chi connectivity index (χ2n) is 1.18. The molecule has 0 saturated heterocycles.